The third-order valence-electron chi connectivity index (χ3n) is 10.4. The van der Waals surface area contributed by atoms with Gasteiger partial charge in [-0.05, 0) is 74.0 Å². The fraction of sp³-hybridized carbons (Fsp3) is 0.923. The molecule has 1 heterocycles. The van der Waals surface area contributed by atoms with Crippen LogP contribution in [0.15, 0.2) is 0 Å². The van der Waals surface area contributed by atoms with Crippen molar-refractivity contribution in [2.45, 2.75) is 84.2 Å². The second-order valence-corrected chi connectivity index (χ2v) is 11.7. The number of morpholine rings is 1. The topological polar surface area (TPSA) is 55.8 Å². The van der Waals surface area contributed by atoms with E-state index in [0.717, 1.165) is 70.4 Å². The van der Waals surface area contributed by atoms with Gasteiger partial charge in [0.15, 0.2) is 0 Å². The number of carbonyl (C=O) groups is 2. The van der Waals surface area contributed by atoms with Gasteiger partial charge in [0.2, 0.25) is 0 Å². The van der Waals surface area contributed by atoms with E-state index in [1.807, 2.05) is 0 Å². The quantitative estimate of drug-likeness (QED) is 0.624. The number of Topliss-reactive ketones (excluding diaryl/α,β-unsaturated/α-hetero) is 1. The van der Waals surface area contributed by atoms with Gasteiger partial charge >= 0.3 is 5.97 Å². The molecule has 4 aliphatic carbocycles. The maximum Gasteiger partial charge on any atom is 0.307 e. The summed E-state index contributed by atoms with van der Waals surface area (Å²) < 4.78 is 11.6. The Bertz CT molecular complexity index is 704. The molecule has 1 saturated heterocycles. The molecular weight excluding hydrogens is 390 g/mol. The molecule has 5 fully saturated rings. The minimum Gasteiger partial charge on any atom is -0.462 e. The van der Waals surface area contributed by atoms with E-state index in [9.17, 15) is 9.59 Å². The summed E-state index contributed by atoms with van der Waals surface area (Å²) in [6.45, 7) is 9.09. The number of carbonyl (C=O) groups excluding carboxylic acids is 2. The Morgan fingerprint density at radius 2 is 1.81 bits per heavy atom. The second kappa shape index (κ2) is 8.44. The smallest absolute Gasteiger partial charge is 0.307 e. The lowest BCUT2D eigenvalue weighted by Gasteiger charge is -2.60. The summed E-state index contributed by atoms with van der Waals surface area (Å²) in [7, 11) is 0. The summed E-state index contributed by atoms with van der Waals surface area (Å²) in [5, 5.41) is 0. The van der Waals surface area contributed by atoms with Crippen LogP contribution in [0.25, 0.3) is 0 Å². The highest BCUT2D eigenvalue weighted by Crippen LogP contribution is 2.66. The van der Waals surface area contributed by atoms with Gasteiger partial charge in [-0.3, -0.25) is 14.5 Å². The second-order valence-electron chi connectivity index (χ2n) is 11.7. The zero-order chi connectivity index (χ0) is 21.6. The lowest BCUT2D eigenvalue weighted by Crippen LogP contribution is -2.54. The summed E-state index contributed by atoms with van der Waals surface area (Å²) >= 11 is 0. The molecule has 5 aliphatic rings. The van der Waals surface area contributed by atoms with Crippen LogP contribution in [-0.2, 0) is 19.1 Å². The van der Waals surface area contributed by atoms with Crippen molar-refractivity contribution < 1.29 is 19.1 Å². The van der Waals surface area contributed by atoms with Gasteiger partial charge in [0, 0.05) is 37.9 Å². The van der Waals surface area contributed by atoms with E-state index < -0.39 is 0 Å². The van der Waals surface area contributed by atoms with Crippen molar-refractivity contribution in [1.29, 1.82) is 0 Å². The summed E-state index contributed by atoms with van der Waals surface area (Å²) in [6, 6.07) is 0. The first-order chi connectivity index (χ1) is 14.9. The summed E-state index contributed by atoms with van der Waals surface area (Å²) in [6.07, 6.45) is 10.5. The van der Waals surface area contributed by atoms with Gasteiger partial charge in [0.25, 0.3) is 0 Å². The van der Waals surface area contributed by atoms with Crippen molar-refractivity contribution in [2.75, 3.05) is 32.8 Å². The molecule has 0 aromatic rings. The molecule has 5 heteroatoms. The number of esters is 1. The molecule has 174 valence electrons. The van der Waals surface area contributed by atoms with Crippen LogP contribution in [0.2, 0.25) is 0 Å². The highest BCUT2D eigenvalue weighted by molar-refractivity contribution is 5.79. The molecule has 1 aliphatic heterocycles. The average molecular weight is 432 g/mol. The average Bonchev–Trinajstić information content (AvgIpc) is 3.10. The molecule has 4 saturated carbocycles. The lowest BCUT2D eigenvalue weighted by atomic mass is 9.45. The van der Waals surface area contributed by atoms with Crippen molar-refractivity contribution >= 4 is 11.8 Å². The highest BCUT2D eigenvalue weighted by atomic mass is 16.5. The first-order valence-electron chi connectivity index (χ1n) is 12.9. The van der Waals surface area contributed by atoms with Crippen LogP contribution in [0.5, 0.6) is 0 Å². The number of hydrogen-bond acceptors (Lipinski definition) is 5. The van der Waals surface area contributed by atoms with Crippen LogP contribution in [0.3, 0.4) is 0 Å². The zero-order valence-electron chi connectivity index (χ0n) is 19.6. The molecule has 0 aromatic heterocycles. The van der Waals surface area contributed by atoms with Crippen molar-refractivity contribution in [3.63, 3.8) is 0 Å². The monoisotopic (exact) mass is 431 g/mol. The predicted molar refractivity (Wildman–Crippen MR) is 118 cm³/mol. The first-order valence-corrected chi connectivity index (χ1v) is 12.9. The third-order valence-corrected chi connectivity index (χ3v) is 10.4. The van der Waals surface area contributed by atoms with Crippen LogP contribution < -0.4 is 0 Å². The number of ether oxygens (including phenoxy) is 2. The first kappa shape index (κ1) is 21.9. The van der Waals surface area contributed by atoms with Crippen molar-refractivity contribution in [2.24, 2.45) is 34.5 Å². The fourth-order valence-electron chi connectivity index (χ4n) is 8.48. The van der Waals surface area contributed by atoms with Gasteiger partial charge in [0.05, 0.1) is 19.6 Å². The van der Waals surface area contributed by atoms with E-state index in [2.05, 4.69) is 18.7 Å². The van der Waals surface area contributed by atoms with Crippen LogP contribution >= 0.6 is 0 Å². The van der Waals surface area contributed by atoms with Gasteiger partial charge in [-0.2, -0.15) is 0 Å². The summed E-state index contributed by atoms with van der Waals surface area (Å²) in [5.74, 6) is 3.28. The van der Waals surface area contributed by atoms with Gasteiger partial charge in [-0.1, -0.05) is 13.8 Å². The minimum absolute atomic E-state index is 0.0121. The predicted octanol–water partition coefficient (Wildman–Crippen LogP) is 4.23. The molecule has 0 aromatic carbocycles. The number of fused-ring (bicyclic) bond motifs is 5. The Morgan fingerprint density at radius 3 is 2.61 bits per heavy atom. The minimum atomic E-state index is -0.0121. The van der Waals surface area contributed by atoms with Crippen molar-refractivity contribution in [3.05, 3.63) is 0 Å². The van der Waals surface area contributed by atoms with Crippen LogP contribution in [0.1, 0.15) is 78.1 Å². The largest absolute Gasteiger partial charge is 0.462 e. The zero-order valence-corrected chi connectivity index (χ0v) is 19.6. The maximum absolute atomic E-state index is 12.7. The van der Waals surface area contributed by atoms with Crippen LogP contribution in [0.4, 0.5) is 0 Å². The number of ketones is 1. The molecule has 0 radical (unpaired) electrons. The van der Waals surface area contributed by atoms with E-state index in [-0.39, 0.29) is 17.5 Å². The van der Waals surface area contributed by atoms with Gasteiger partial charge in [-0.15, -0.1) is 0 Å². The molecule has 31 heavy (non-hydrogen) atoms. The van der Waals surface area contributed by atoms with E-state index in [0.29, 0.717) is 29.5 Å². The van der Waals surface area contributed by atoms with E-state index >= 15 is 0 Å². The molecular formula is C26H41NO4. The molecule has 0 unspecified atom stereocenters. The Labute approximate surface area is 187 Å². The number of nitrogens with zero attached hydrogens (tertiary/aromatic N) is 1. The highest BCUT2D eigenvalue weighted by Gasteiger charge is 2.61. The normalized spacial score (nSPS) is 45.5. The standard InChI is InChI=1S/C26H41NO4/c1-25-10-7-19(28)17-18(25)3-4-20-21-5-6-23(26(21,2)11-8-22(20)25)31-24(29)9-12-27-13-15-30-16-14-27/h18,20-23H,3-17H2,1-2H3/t18-,20-,21+,22+,23+,25+,26-/m0/s1. The number of rotatable bonds is 4. The molecule has 0 N–H and O–H groups in total. The fourth-order valence-corrected chi connectivity index (χ4v) is 8.48. The lowest BCUT2D eigenvalue weighted by molar-refractivity contribution is -0.164. The summed E-state index contributed by atoms with van der Waals surface area (Å²) in [5.41, 5.74) is 0.495. The van der Waals surface area contributed by atoms with Gasteiger partial charge in [0.1, 0.15) is 11.9 Å². The molecule has 0 bridgehead atoms. The Balaban J connectivity index is 1.22. The SMILES string of the molecule is C[C@]12CC[C@@H]3[C@@H](CC[C@H]4CC(=O)CC[C@]43C)[C@H]1CC[C@H]2OC(=O)CCN1CCOCC1. The van der Waals surface area contributed by atoms with E-state index in [1.165, 1.54) is 32.1 Å². The third kappa shape index (κ3) is 3.88. The Kier molecular flexibility index (Phi) is 5.96. The Hall–Kier alpha value is -0.940. The molecule has 5 nitrogen and oxygen atoms in total. The van der Waals surface area contributed by atoms with Crippen molar-refractivity contribution in [3.8, 4) is 0 Å². The van der Waals surface area contributed by atoms with Crippen LogP contribution in [-0.4, -0.2) is 55.6 Å². The summed E-state index contributed by atoms with van der Waals surface area (Å²) in [4.78, 5) is 27.1. The maximum atomic E-state index is 12.7. The molecule has 0 spiro atoms. The van der Waals surface area contributed by atoms with E-state index in [1.54, 1.807) is 0 Å². The van der Waals surface area contributed by atoms with Gasteiger partial charge in [-0.25, -0.2) is 0 Å². The van der Waals surface area contributed by atoms with E-state index in [4.69, 9.17) is 9.47 Å². The Morgan fingerprint density at radius 1 is 1.03 bits per heavy atom. The number of hydrogen-bond donors (Lipinski definition) is 0. The molecule has 0 amide bonds. The van der Waals surface area contributed by atoms with Gasteiger partial charge < -0.3 is 9.47 Å². The molecule has 7 atom stereocenters. The van der Waals surface area contributed by atoms with Crippen LogP contribution in [0, 0.1) is 34.5 Å². The molecule has 5 rings (SSSR count). The van der Waals surface area contributed by atoms with Crippen molar-refractivity contribution in [1.82, 2.24) is 4.90 Å².